The van der Waals surface area contributed by atoms with Gasteiger partial charge in [-0.2, -0.15) is 8.78 Å². The fourth-order valence-corrected chi connectivity index (χ4v) is 4.89. The third-order valence-corrected chi connectivity index (χ3v) is 6.41. The summed E-state index contributed by atoms with van der Waals surface area (Å²) in [5, 5.41) is 0. The Balaban J connectivity index is 1.53. The Labute approximate surface area is 153 Å². The molecule has 0 radical (unpaired) electrons. The van der Waals surface area contributed by atoms with Gasteiger partial charge in [-0.1, -0.05) is 19.8 Å². The zero-order chi connectivity index (χ0) is 18.7. The monoisotopic (exact) mass is 372 g/mol. The van der Waals surface area contributed by atoms with Crippen molar-refractivity contribution in [1.29, 1.82) is 0 Å². The van der Waals surface area contributed by atoms with Crippen LogP contribution < -0.4 is 4.74 Å². The number of benzene rings is 1. The van der Waals surface area contributed by atoms with Crippen LogP contribution in [0.2, 0.25) is 0 Å². The third-order valence-electron chi connectivity index (χ3n) is 6.41. The van der Waals surface area contributed by atoms with E-state index in [0.717, 1.165) is 42.7 Å². The Morgan fingerprint density at radius 2 is 1.38 bits per heavy atom. The smallest absolute Gasteiger partial charge is 0.387 e. The van der Waals surface area contributed by atoms with Crippen LogP contribution in [0.3, 0.4) is 0 Å². The summed E-state index contributed by atoms with van der Waals surface area (Å²) in [5.74, 6) is -0.157. The summed E-state index contributed by atoms with van der Waals surface area (Å²) in [6.45, 7) is -0.897. The maximum absolute atomic E-state index is 13.9. The predicted octanol–water partition coefficient (Wildman–Crippen LogP) is 6.74. The molecule has 0 N–H and O–H groups in total. The molecule has 2 aliphatic carbocycles. The van der Waals surface area contributed by atoms with Crippen LogP contribution in [-0.4, -0.2) is 6.61 Å². The van der Waals surface area contributed by atoms with Crippen LogP contribution in [0.4, 0.5) is 17.6 Å². The highest BCUT2D eigenvalue weighted by atomic mass is 19.3. The summed E-state index contributed by atoms with van der Waals surface area (Å²) in [4.78, 5) is 0. The molecular formula is C21H28F4O. The van der Waals surface area contributed by atoms with Crippen molar-refractivity contribution < 1.29 is 22.3 Å². The molecular weight excluding hydrogens is 344 g/mol. The van der Waals surface area contributed by atoms with Crippen LogP contribution >= 0.6 is 0 Å². The van der Waals surface area contributed by atoms with Crippen molar-refractivity contribution in [2.75, 3.05) is 0 Å². The number of halogens is 4. The van der Waals surface area contributed by atoms with E-state index in [9.17, 15) is 17.6 Å². The minimum atomic E-state index is -3.23. The van der Waals surface area contributed by atoms with E-state index in [1.54, 1.807) is 0 Å². The number of hydrogen-bond donors (Lipinski definition) is 0. The Morgan fingerprint density at radius 1 is 0.885 bits per heavy atom. The zero-order valence-electron chi connectivity index (χ0n) is 15.3. The molecule has 0 atom stereocenters. The highest BCUT2D eigenvalue weighted by Gasteiger charge is 2.30. The molecule has 0 saturated heterocycles. The molecule has 26 heavy (non-hydrogen) atoms. The second kappa shape index (κ2) is 8.62. The number of rotatable bonds is 5. The highest BCUT2D eigenvalue weighted by Crippen LogP contribution is 2.42. The Morgan fingerprint density at radius 3 is 1.88 bits per heavy atom. The Kier molecular flexibility index (Phi) is 6.46. The van der Waals surface area contributed by atoms with E-state index in [1.807, 2.05) is 0 Å². The molecule has 5 heteroatoms. The van der Waals surface area contributed by atoms with Gasteiger partial charge in [0.1, 0.15) is 0 Å². The van der Waals surface area contributed by atoms with Crippen LogP contribution in [0, 0.1) is 35.3 Å². The molecule has 0 unspecified atom stereocenters. The molecule has 0 amide bonds. The van der Waals surface area contributed by atoms with Crippen molar-refractivity contribution in [1.82, 2.24) is 0 Å². The van der Waals surface area contributed by atoms with Gasteiger partial charge >= 0.3 is 6.61 Å². The normalized spacial score (nSPS) is 29.8. The van der Waals surface area contributed by atoms with E-state index < -0.39 is 24.0 Å². The zero-order valence-corrected chi connectivity index (χ0v) is 15.3. The topological polar surface area (TPSA) is 9.23 Å². The molecule has 146 valence electrons. The van der Waals surface area contributed by atoms with Crippen molar-refractivity contribution in [2.45, 2.75) is 71.3 Å². The fourth-order valence-electron chi connectivity index (χ4n) is 4.89. The van der Waals surface area contributed by atoms with Gasteiger partial charge in [-0.05, 0) is 86.3 Å². The maximum atomic E-state index is 13.9. The molecule has 1 nitrogen and oxygen atoms in total. The minimum absolute atomic E-state index is 0.412. The molecule has 0 aromatic heterocycles. The molecule has 0 bridgehead atoms. The van der Waals surface area contributed by atoms with Crippen LogP contribution in [0.25, 0.3) is 0 Å². The SMILES string of the molecule is CC1CCC(C2CCC(Cc3cc(F)c(OC(F)F)c(F)c3)CC2)CC1. The first kappa shape index (κ1) is 19.5. The third kappa shape index (κ3) is 4.92. The van der Waals surface area contributed by atoms with Crippen molar-refractivity contribution >= 4 is 0 Å². The average molecular weight is 372 g/mol. The van der Waals surface area contributed by atoms with E-state index in [4.69, 9.17) is 0 Å². The fraction of sp³-hybridized carbons (Fsp3) is 0.714. The Bertz CT molecular complexity index is 565. The van der Waals surface area contributed by atoms with E-state index in [-0.39, 0.29) is 0 Å². The van der Waals surface area contributed by atoms with Gasteiger partial charge in [0.15, 0.2) is 17.4 Å². The number of ether oxygens (including phenoxy) is 1. The maximum Gasteiger partial charge on any atom is 0.387 e. The molecule has 0 spiro atoms. The lowest BCUT2D eigenvalue weighted by atomic mass is 9.69. The lowest BCUT2D eigenvalue weighted by molar-refractivity contribution is -0.0546. The first-order chi connectivity index (χ1) is 12.4. The summed E-state index contributed by atoms with van der Waals surface area (Å²) in [6, 6.07) is 2.27. The Hall–Kier alpha value is -1.26. The van der Waals surface area contributed by atoms with Crippen LogP contribution in [0.5, 0.6) is 5.75 Å². The van der Waals surface area contributed by atoms with Crippen molar-refractivity contribution in [2.24, 2.45) is 23.7 Å². The molecule has 2 aliphatic rings. The summed E-state index contributed by atoms with van der Waals surface area (Å²) < 4.78 is 56.1. The second-order valence-corrected chi connectivity index (χ2v) is 8.27. The van der Waals surface area contributed by atoms with Gasteiger partial charge in [-0.3, -0.25) is 0 Å². The minimum Gasteiger partial charge on any atom is -0.429 e. The molecule has 1 aromatic carbocycles. The first-order valence-corrected chi connectivity index (χ1v) is 9.85. The predicted molar refractivity (Wildman–Crippen MR) is 93.3 cm³/mol. The van der Waals surface area contributed by atoms with E-state index in [1.165, 1.54) is 38.5 Å². The summed E-state index contributed by atoms with van der Waals surface area (Å²) in [6.07, 6.45) is 10.5. The van der Waals surface area contributed by atoms with Gasteiger partial charge in [-0.15, -0.1) is 0 Å². The molecule has 0 heterocycles. The van der Waals surface area contributed by atoms with Gasteiger partial charge < -0.3 is 4.74 Å². The van der Waals surface area contributed by atoms with Gasteiger partial charge in [0.25, 0.3) is 0 Å². The number of hydrogen-bond acceptors (Lipinski definition) is 1. The lowest BCUT2D eigenvalue weighted by Crippen LogP contribution is -2.25. The summed E-state index contributed by atoms with van der Waals surface area (Å²) in [5.41, 5.74) is 0.525. The van der Waals surface area contributed by atoms with Crippen LogP contribution in [0.15, 0.2) is 12.1 Å². The van der Waals surface area contributed by atoms with E-state index in [2.05, 4.69) is 11.7 Å². The standard InChI is InChI=1S/C21H28F4O/c1-13-2-6-16(7-3-13)17-8-4-14(5-9-17)10-15-11-18(22)20(19(23)12-15)26-21(24)25/h11-14,16-17,21H,2-10H2,1H3. The molecule has 2 fully saturated rings. The summed E-state index contributed by atoms with van der Waals surface area (Å²) in [7, 11) is 0. The van der Waals surface area contributed by atoms with Crippen molar-refractivity contribution in [3.63, 3.8) is 0 Å². The van der Waals surface area contributed by atoms with Gasteiger partial charge in [0, 0.05) is 0 Å². The highest BCUT2D eigenvalue weighted by molar-refractivity contribution is 5.31. The van der Waals surface area contributed by atoms with Gasteiger partial charge in [0.05, 0.1) is 0 Å². The molecule has 0 aliphatic heterocycles. The van der Waals surface area contributed by atoms with Gasteiger partial charge in [-0.25, -0.2) is 8.78 Å². The first-order valence-electron chi connectivity index (χ1n) is 9.85. The van der Waals surface area contributed by atoms with Crippen LogP contribution in [0.1, 0.15) is 63.9 Å². The number of alkyl halides is 2. The molecule has 2 saturated carbocycles. The van der Waals surface area contributed by atoms with Crippen LogP contribution in [-0.2, 0) is 6.42 Å². The second-order valence-electron chi connectivity index (χ2n) is 8.27. The largest absolute Gasteiger partial charge is 0.429 e. The van der Waals surface area contributed by atoms with Gasteiger partial charge in [0.2, 0.25) is 0 Å². The quantitative estimate of drug-likeness (QED) is 0.520. The molecule has 1 aromatic rings. The summed E-state index contributed by atoms with van der Waals surface area (Å²) >= 11 is 0. The lowest BCUT2D eigenvalue weighted by Gasteiger charge is -2.37. The average Bonchev–Trinajstić information content (AvgIpc) is 2.59. The molecule has 3 rings (SSSR count). The van der Waals surface area contributed by atoms with E-state index >= 15 is 0 Å². The van der Waals surface area contributed by atoms with Crippen molar-refractivity contribution in [3.05, 3.63) is 29.3 Å². The van der Waals surface area contributed by atoms with Crippen molar-refractivity contribution in [3.8, 4) is 5.75 Å². The van der Waals surface area contributed by atoms with E-state index in [0.29, 0.717) is 17.9 Å².